The van der Waals surface area contributed by atoms with Crippen molar-refractivity contribution in [2.45, 2.75) is 13.8 Å². The van der Waals surface area contributed by atoms with Crippen molar-refractivity contribution in [3.05, 3.63) is 51.2 Å². The van der Waals surface area contributed by atoms with Gasteiger partial charge < -0.3 is 10.1 Å². The lowest BCUT2D eigenvalue weighted by Crippen LogP contribution is -2.12. The SMILES string of the molecule is COC(=O)c1ccc(NC(=O)c2cc(C)sc2C)cc1. The van der Waals surface area contributed by atoms with Gasteiger partial charge in [0.1, 0.15) is 0 Å². The van der Waals surface area contributed by atoms with Crippen LogP contribution in [0.25, 0.3) is 0 Å². The first kappa shape index (κ1) is 14.3. The second-order valence-corrected chi connectivity index (χ2v) is 5.81. The standard InChI is InChI=1S/C15H15NO3S/c1-9-8-13(10(2)20-9)14(17)16-12-6-4-11(5-7-12)15(18)19-3/h4-8H,1-3H3,(H,16,17). The number of carbonyl (C=O) groups is 2. The van der Waals surface area contributed by atoms with Crippen LogP contribution in [0.3, 0.4) is 0 Å². The summed E-state index contributed by atoms with van der Waals surface area (Å²) in [5, 5.41) is 2.81. The Hall–Kier alpha value is -2.14. The highest BCUT2D eigenvalue weighted by molar-refractivity contribution is 7.12. The first-order valence-electron chi connectivity index (χ1n) is 6.08. The van der Waals surface area contributed by atoms with Gasteiger partial charge in [0.15, 0.2) is 0 Å². The molecule has 0 radical (unpaired) electrons. The van der Waals surface area contributed by atoms with Gasteiger partial charge in [-0.05, 0) is 44.2 Å². The molecule has 104 valence electrons. The van der Waals surface area contributed by atoms with Gasteiger partial charge in [-0.1, -0.05) is 0 Å². The molecule has 0 atom stereocenters. The number of benzene rings is 1. The summed E-state index contributed by atoms with van der Waals surface area (Å²) in [6.45, 7) is 3.90. The van der Waals surface area contributed by atoms with Crippen LogP contribution in [-0.4, -0.2) is 19.0 Å². The Labute approximate surface area is 121 Å². The van der Waals surface area contributed by atoms with E-state index in [1.807, 2.05) is 19.9 Å². The van der Waals surface area contributed by atoms with Crippen molar-refractivity contribution < 1.29 is 14.3 Å². The number of hydrogen-bond acceptors (Lipinski definition) is 4. The Morgan fingerprint density at radius 3 is 2.30 bits per heavy atom. The number of hydrogen-bond donors (Lipinski definition) is 1. The number of thiophene rings is 1. The third kappa shape index (κ3) is 3.05. The van der Waals surface area contributed by atoms with Crippen LogP contribution in [0.4, 0.5) is 5.69 Å². The van der Waals surface area contributed by atoms with Crippen molar-refractivity contribution >= 4 is 28.9 Å². The summed E-state index contributed by atoms with van der Waals surface area (Å²) in [5.41, 5.74) is 1.78. The fraction of sp³-hybridized carbons (Fsp3) is 0.200. The second kappa shape index (κ2) is 5.88. The van der Waals surface area contributed by atoms with Gasteiger partial charge in [0.2, 0.25) is 0 Å². The van der Waals surface area contributed by atoms with E-state index in [9.17, 15) is 9.59 Å². The molecule has 0 bridgehead atoms. The molecule has 0 aliphatic rings. The summed E-state index contributed by atoms with van der Waals surface area (Å²) < 4.78 is 4.62. The van der Waals surface area contributed by atoms with E-state index in [-0.39, 0.29) is 5.91 Å². The molecule has 1 N–H and O–H groups in total. The molecule has 0 aliphatic heterocycles. The van der Waals surface area contributed by atoms with Crippen molar-refractivity contribution in [2.24, 2.45) is 0 Å². The number of anilines is 1. The fourth-order valence-corrected chi connectivity index (χ4v) is 2.78. The number of carbonyl (C=O) groups excluding carboxylic acids is 2. The molecule has 1 aromatic carbocycles. The molecule has 2 rings (SSSR count). The predicted octanol–water partition coefficient (Wildman–Crippen LogP) is 3.40. The van der Waals surface area contributed by atoms with Gasteiger partial charge >= 0.3 is 5.97 Å². The zero-order chi connectivity index (χ0) is 14.7. The van der Waals surface area contributed by atoms with Crippen LogP contribution in [0.1, 0.15) is 30.5 Å². The number of nitrogens with one attached hydrogen (secondary N) is 1. The highest BCUT2D eigenvalue weighted by Gasteiger charge is 2.12. The summed E-state index contributed by atoms with van der Waals surface area (Å²) in [6.07, 6.45) is 0. The number of amides is 1. The van der Waals surface area contributed by atoms with Crippen LogP contribution in [0.2, 0.25) is 0 Å². The number of methoxy groups -OCH3 is 1. The number of esters is 1. The van der Waals surface area contributed by atoms with E-state index >= 15 is 0 Å². The van der Waals surface area contributed by atoms with E-state index in [2.05, 4.69) is 10.1 Å². The predicted molar refractivity (Wildman–Crippen MR) is 79.5 cm³/mol. The highest BCUT2D eigenvalue weighted by atomic mass is 32.1. The van der Waals surface area contributed by atoms with Crippen LogP contribution in [0.15, 0.2) is 30.3 Å². The van der Waals surface area contributed by atoms with Crippen LogP contribution in [0, 0.1) is 13.8 Å². The third-order valence-electron chi connectivity index (χ3n) is 2.85. The van der Waals surface area contributed by atoms with E-state index in [1.54, 1.807) is 35.6 Å². The molecule has 1 aromatic heterocycles. The minimum atomic E-state index is -0.396. The van der Waals surface area contributed by atoms with Crippen molar-refractivity contribution in [1.82, 2.24) is 0 Å². The summed E-state index contributed by atoms with van der Waals surface area (Å²) in [5.74, 6) is -0.537. The Bertz CT molecular complexity index is 644. The maximum Gasteiger partial charge on any atom is 0.337 e. The molecule has 1 heterocycles. The van der Waals surface area contributed by atoms with Gasteiger partial charge in [-0.25, -0.2) is 4.79 Å². The monoisotopic (exact) mass is 289 g/mol. The summed E-state index contributed by atoms with van der Waals surface area (Å²) >= 11 is 1.60. The average Bonchev–Trinajstić information content (AvgIpc) is 2.78. The Balaban J connectivity index is 2.12. The van der Waals surface area contributed by atoms with Crippen LogP contribution >= 0.6 is 11.3 Å². The first-order valence-corrected chi connectivity index (χ1v) is 6.89. The third-order valence-corrected chi connectivity index (χ3v) is 3.82. The second-order valence-electron chi connectivity index (χ2n) is 4.35. The molecule has 0 unspecified atom stereocenters. The van der Waals surface area contributed by atoms with Crippen LogP contribution in [0.5, 0.6) is 0 Å². The quantitative estimate of drug-likeness (QED) is 0.881. The lowest BCUT2D eigenvalue weighted by atomic mass is 10.2. The lowest BCUT2D eigenvalue weighted by molar-refractivity contribution is 0.0600. The molecule has 5 heteroatoms. The van der Waals surface area contributed by atoms with Gasteiger partial charge in [0.05, 0.1) is 18.2 Å². The van der Waals surface area contributed by atoms with Gasteiger partial charge in [0.25, 0.3) is 5.91 Å². The minimum absolute atomic E-state index is 0.141. The molecule has 2 aromatic rings. The van der Waals surface area contributed by atoms with Gasteiger partial charge in [-0.3, -0.25) is 4.79 Å². The van der Waals surface area contributed by atoms with Crippen LogP contribution in [-0.2, 0) is 4.74 Å². The smallest absolute Gasteiger partial charge is 0.337 e. The van der Waals surface area contributed by atoms with Crippen LogP contribution < -0.4 is 5.32 Å². The first-order chi connectivity index (χ1) is 9.51. The van der Waals surface area contributed by atoms with Crippen molar-refractivity contribution in [3.63, 3.8) is 0 Å². The summed E-state index contributed by atoms with van der Waals surface area (Å²) in [7, 11) is 1.33. The molecular weight excluding hydrogens is 274 g/mol. The topological polar surface area (TPSA) is 55.4 Å². The molecule has 0 saturated carbocycles. The lowest BCUT2D eigenvalue weighted by Gasteiger charge is -2.05. The number of aryl methyl sites for hydroxylation is 2. The molecule has 20 heavy (non-hydrogen) atoms. The molecule has 0 spiro atoms. The zero-order valence-electron chi connectivity index (χ0n) is 11.5. The van der Waals surface area contributed by atoms with Gasteiger partial charge in [0, 0.05) is 15.4 Å². The Morgan fingerprint density at radius 1 is 1.15 bits per heavy atom. The number of ether oxygens (including phenoxy) is 1. The van der Waals surface area contributed by atoms with Gasteiger partial charge in [-0.2, -0.15) is 0 Å². The molecule has 0 fully saturated rings. The molecule has 4 nitrogen and oxygen atoms in total. The molecular formula is C15H15NO3S. The maximum atomic E-state index is 12.1. The van der Waals surface area contributed by atoms with Crippen molar-refractivity contribution in [1.29, 1.82) is 0 Å². The van der Waals surface area contributed by atoms with E-state index in [0.29, 0.717) is 16.8 Å². The Morgan fingerprint density at radius 2 is 1.80 bits per heavy atom. The Kier molecular flexibility index (Phi) is 4.20. The largest absolute Gasteiger partial charge is 0.465 e. The zero-order valence-corrected chi connectivity index (χ0v) is 12.3. The van der Waals surface area contributed by atoms with Crippen molar-refractivity contribution in [2.75, 3.05) is 12.4 Å². The minimum Gasteiger partial charge on any atom is -0.465 e. The average molecular weight is 289 g/mol. The molecule has 1 amide bonds. The van der Waals surface area contributed by atoms with E-state index in [0.717, 1.165) is 9.75 Å². The number of rotatable bonds is 3. The maximum absolute atomic E-state index is 12.1. The van der Waals surface area contributed by atoms with Crippen molar-refractivity contribution in [3.8, 4) is 0 Å². The highest BCUT2D eigenvalue weighted by Crippen LogP contribution is 2.21. The van der Waals surface area contributed by atoms with E-state index in [1.165, 1.54) is 7.11 Å². The normalized spacial score (nSPS) is 10.2. The fourth-order valence-electron chi connectivity index (χ4n) is 1.86. The summed E-state index contributed by atoms with van der Waals surface area (Å²) in [4.78, 5) is 25.5. The van der Waals surface area contributed by atoms with E-state index in [4.69, 9.17) is 0 Å². The molecule has 0 saturated heterocycles. The van der Waals surface area contributed by atoms with E-state index < -0.39 is 5.97 Å². The van der Waals surface area contributed by atoms with Gasteiger partial charge in [-0.15, -0.1) is 11.3 Å². The summed E-state index contributed by atoms with van der Waals surface area (Å²) in [6, 6.07) is 8.47. The molecule has 0 aliphatic carbocycles.